The lowest BCUT2D eigenvalue weighted by Crippen LogP contribution is -2.24. The highest BCUT2D eigenvalue weighted by atomic mass is 79.9. The van der Waals surface area contributed by atoms with E-state index in [-0.39, 0.29) is 6.10 Å². The van der Waals surface area contributed by atoms with Gasteiger partial charge in [-0.15, -0.1) is 10.2 Å². The maximum atomic E-state index is 9.60. The Morgan fingerprint density at radius 3 is 3.11 bits per heavy atom. The Kier molecular flexibility index (Phi) is 3.18. The van der Waals surface area contributed by atoms with Crippen molar-refractivity contribution in [1.82, 2.24) is 14.8 Å². The number of benzene rings is 1. The number of hydrogen-bond donors (Lipinski definition) is 1. The van der Waals surface area contributed by atoms with E-state index in [0.717, 1.165) is 35.5 Å². The average Bonchev–Trinajstić information content (AvgIpc) is 2.72. The largest absolute Gasteiger partial charge is 0.393 e. The van der Waals surface area contributed by atoms with Gasteiger partial charge in [0.1, 0.15) is 11.6 Å². The van der Waals surface area contributed by atoms with Gasteiger partial charge in [-0.1, -0.05) is 28.1 Å². The summed E-state index contributed by atoms with van der Waals surface area (Å²) in [5.41, 5.74) is 1.21. The first kappa shape index (κ1) is 11.9. The second-order valence-corrected chi connectivity index (χ2v) is 5.55. The lowest BCUT2D eigenvalue weighted by atomic mass is 10.1. The molecule has 3 rings (SSSR count). The fourth-order valence-corrected chi connectivity index (χ4v) is 2.78. The monoisotopic (exact) mass is 307 g/mol. The van der Waals surface area contributed by atoms with Crippen LogP contribution in [0.2, 0.25) is 0 Å². The van der Waals surface area contributed by atoms with Crippen molar-refractivity contribution in [3.63, 3.8) is 0 Å². The third-order valence-corrected chi connectivity index (χ3v) is 3.75. The van der Waals surface area contributed by atoms with Crippen LogP contribution in [0.1, 0.15) is 23.6 Å². The number of halogens is 1. The number of fused-ring (bicyclic) bond motifs is 1. The van der Waals surface area contributed by atoms with Crippen LogP contribution in [0.5, 0.6) is 0 Å². The summed E-state index contributed by atoms with van der Waals surface area (Å²) in [6.07, 6.45) is 1.92. The van der Waals surface area contributed by atoms with Crippen molar-refractivity contribution in [3.8, 4) is 0 Å². The number of rotatable bonds is 2. The standard InChI is InChI=1S/C13H14BrN3O/c14-10-3-1-2-9(6-10)7-12-15-16-13-8-11(18)4-5-17(12)13/h1-3,6,11,18H,4-5,7-8H2. The van der Waals surface area contributed by atoms with Gasteiger partial charge in [-0.3, -0.25) is 0 Å². The molecule has 1 unspecified atom stereocenters. The van der Waals surface area contributed by atoms with E-state index >= 15 is 0 Å². The predicted molar refractivity (Wildman–Crippen MR) is 71.3 cm³/mol. The van der Waals surface area contributed by atoms with Crippen LogP contribution in [0.3, 0.4) is 0 Å². The SMILES string of the molecule is OC1CCn2c(Cc3cccc(Br)c3)nnc2C1. The van der Waals surface area contributed by atoms with Crippen LogP contribution in [0.25, 0.3) is 0 Å². The van der Waals surface area contributed by atoms with Crippen molar-refractivity contribution in [2.24, 2.45) is 0 Å². The highest BCUT2D eigenvalue weighted by Crippen LogP contribution is 2.18. The van der Waals surface area contributed by atoms with Crippen LogP contribution in [-0.4, -0.2) is 26.0 Å². The van der Waals surface area contributed by atoms with Crippen molar-refractivity contribution in [3.05, 3.63) is 46.0 Å². The fourth-order valence-electron chi connectivity index (χ4n) is 2.33. The molecule has 1 aromatic carbocycles. The molecular weight excluding hydrogens is 294 g/mol. The summed E-state index contributed by atoms with van der Waals surface area (Å²) in [6.45, 7) is 0.812. The maximum Gasteiger partial charge on any atom is 0.137 e. The molecule has 18 heavy (non-hydrogen) atoms. The molecule has 2 heterocycles. The van der Waals surface area contributed by atoms with E-state index in [1.807, 2.05) is 12.1 Å². The summed E-state index contributed by atoms with van der Waals surface area (Å²) in [5.74, 6) is 1.88. The van der Waals surface area contributed by atoms with Crippen LogP contribution < -0.4 is 0 Å². The molecule has 0 fully saturated rings. The number of nitrogens with zero attached hydrogens (tertiary/aromatic N) is 3. The van der Waals surface area contributed by atoms with E-state index in [1.54, 1.807) is 0 Å². The number of aliphatic hydroxyl groups excluding tert-OH is 1. The Labute approximate surface area is 114 Å². The van der Waals surface area contributed by atoms with Gasteiger partial charge < -0.3 is 9.67 Å². The molecule has 1 aromatic heterocycles. The van der Waals surface area contributed by atoms with Crippen LogP contribution in [0.15, 0.2) is 28.7 Å². The van der Waals surface area contributed by atoms with Gasteiger partial charge in [0.25, 0.3) is 0 Å². The van der Waals surface area contributed by atoms with Gasteiger partial charge >= 0.3 is 0 Å². The molecule has 0 amide bonds. The zero-order valence-corrected chi connectivity index (χ0v) is 11.5. The Bertz CT molecular complexity index is 567. The molecule has 0 saturated heterocycles. The summed E-state index contributed by atoms with van der Waals surface area (Å²) < 4.78 is 3.21. The molecule has 0 spiro atoms. The van der Waals surface area contributed by atoms with Crippen LogP contribution in [0.4, 0.5) is 0 Å². The molecule has 1 N–H and O–H groups in total. The highest BCUT2D eigenvalue weighted by Gasteiger charge is 2.21. The molecule has 2 aromatic rings. The average molecular weight is 308 g/mol. The molecule has 0 saturated carbocycles. The Morgan fingerprint density at radius 1 is 1.39 bits per heavy atom. The summed E-state index contributed by atoms with van der Waals surface area (Å²) in [5, 5.41) is 18.0. The zero-order valence-electron chi connectivity index (χ0n) is 9.88. The second kappa shape index (κ2) is 4.82. The Hall–Kier alpha value is -1.20. The quantitative estimate of drug-likeness (QED) is 0.922. The molecule has 4 nitrogen and oxygen atoms in total. The smallest absolute Gasteiger partial charge is 0.137 e. The fraction of sp³-hybridized carbons (Fsp3) is 0.385. The molecule has 1 atom stereocenters. The normalized spacial score (nSPS) is 18.7. The van der Waals surface area contributed by atoms with E-state index < -0.39 is 0 Å². The molecule has 0 radical (unpaired) electrons. The number of aliphatic hydroxyl groups is 1. The van der Waals surface area contributed by atoms with Gasteiger partial charge in [0, 0.05) is 23.9 Å². The van der Waals surface area contributed by atoms with E-state index in [4.69, 9.17) is 0 Å². The third kappa shape index (κ3) is 2.33. The van der Waals surface area contributed by atoms with Gasteiger partial charge in [0.15, 0.2) is 0 Å². The predicted octanol–water partition coefficient (Wildman–Crippen LogP) is 1.94. The van der Waals surface area contributed by atoms with E-state index in [2.05, 4.69) is 42.8 Å². The van der Waals surface area contributed by atoms with Crippen molar-refractivity contribution in [2.45, 2.75) is 31.9 Å². The van der Waals surface area contributed by atoms with Crippen LogP contribution in [0, 0.1) is 0 Å². The van der Waals surface area contributed by atoms with Crippen molar-refractivity contribution >= 4 is 15.9 Å². The van der Waals surface area contributed by atoms with Crippen molar-refractivity contribution in [1.29, 1.82) is 0 Å². The van der Waals surface area contributed by atoms with Gasteiger partial charge in [-0.05, 0) is 24.1 Å². The summed E-state index contributed by atoms with van der Waals surface area (Å²) in [6, 6.07) is 8.22. The molecular formula is C13H14BrN3O. The zero-order chi connectivity index (χ0) is 12.5. The molecule has 1 aliphatic heterocycles. The molecule has 0 bridgehead atoms. The lowest BCUT2D eigenvalue weighted by Gasteiger charge is -2.19. The van der Waals surface area contributed by atoms with Gasteiger partial charge in [-0.25, -0.2) is 0 Å². The van der Waals surface area contributed by atoms with E-state index in [9.17, 15) is 5.11 Å². The minimum absolute atomic E-state index is 0.264. The number of hydrogen-bond acceptors (Lipinski definition) is 3. The van der Waals surface area contributed by atoms with Crippen LogP contribution >= 0.6 is 15.9 Å². The first-order chi connectivity index (χ1) is 8.72. The maximum absolute atomic E-state index is 9.60. The summed E-state index contributed by atoms with van der Waals surface area (Å²) in [7, 11) is 0. The van der Waals surface area contributed by atoms with Crippen molar-refractivity contribution < 1.29 is 5.11 Å². The second-order valence-electron chi connectivity index (χ2n) is 4.64. The van der Waals surface area contributed by atoms with E-state index in [0.29, 0.717) is 6.42 Å². The Morgan fingerprint density at radius 2 is 2.28 bits per heavy atom. The van der Waals surface area contributed by atoms with Gasteiger partial charge in [0.2, 0.25) is 0 Å². The minimum atomic E-state index is -0.264. The lowest BCUT2D eigenvalue weighted by molar-refractivity contribution is 0.141. The first-order valence-electron chi connectivity index (χ1n) is 6.06. The molecule has 1 aliphatic rings. The number of aromatic nitrogens is 3. The van der Waals surface area contributed by atoms with Crippen LogP contribution in [-0.2, 0) is 19.4 Å². The third-order valence-electron chi connectivity index (χ3n) is 3.26. The molecule has 0 aliphatic carbocycles. The summed E-state index contributed by atoms with van der Waals surface area (Å²) in [4.78, 5) is 0. The topological polar surface area (TPSA) is 50.9 Å². The summed E-state index contributed by atoms with van der Waals surface area (Å²) >= 11 is 3.47. The van der Waals surface area contributed by atoms with Gasteiger partial charge in [0.05, 0.1) is 6.10 Å². The first-order valence-corrected chi connectivity index (χ1v) is 6.85. The highest BCUT2D eigenvalue weighted by molar-refractivity contribution is 9.10. The minimum Gasteiger partial charge on any atom is -0.393 e. The molecule has 94 valence electrons. The molecule has 5 heteroatoms. The van der Waals surface area contributed by atoms with E-state index in [1.165, 1.54) is 5.56 Å². The van der Waals surface area contributed by atoms with Crippen molar-refractivity contribution in [2.75, 3.05) is 0 Å². The Balaban J connectivity index is 1.86. The van der Waals surface area contributed by atoms with Gasteiger partial charge in [-0.2, -0.15) is 0 Å².